The van der Waals surface area contributed by atoms with Gasteiger partial charge in [0.05, 0.1) is 11.5 Å². The molecule has 0 spiro atoms. The molecule has 0 aliphatic rings. The highest BCUT2D eigenvalue weighted by Crippen LogP contribution is 2.26. The summed E-state index contributed by atoms with van der Waals surface area (Å²) in [6, 6.07) is 13.7. The number of hydrogen-bond acceptors (Lipinski definition) is 4. The number of aromatic nitrogens is 3. The summed E-state index contributed by atoms with van der Waals surface area (Å²) in [7, 11) is 0.712. The van der Waals surface area contributed by atoms with Gasteiger partial charge in [-0.25, -0.2) is 0 Å². The van der Waals surface area contributed by atoms with Gasteiger partial charge in [0, 0.05) is 39.2 Å². The second kappa shape index (κ2) is 9.24. The lowest BCUT2D eigenvalue weighted by atomic mass is 10.2. The topological polar surface area (TPSA) is 47.8 Å². The van der Waals surface area contributed by atoms with Crippen molar-refractivity contribution >= 4 is 45.8 Å². The van der Waals surface area contributed by atoms with Crippen LogP contribution in [0.1, 0.15) is 22.5 Å². The zero-order valence-electron chi connectivity index (χ0n) is 15.0. The lowest BCUT2D eigenvalue weighted by Crippen LogP contribution is -2.06. The Kier molecular flexibility index (Phi) is 6.98. The Morgan fingerprint density at radius 3 is 2.37 bits per heavy atom. The van der Waals surface area contributed by atoms with Gasteiger partial charge in [0.1, 0.15) is 5.82 Å². The van der Waals surface area contributed by atoms with Crippen LogP contribution in [-0.2, 0) is 35.1 Å². The summed E-state index contributed by atoms with van der Waals surface area (Å²) < 4.78 is 14.5. The van der Waals surface area contributed by atoms with Crippen molar-refractivity contribution in [3.63, 3.8) is 0 Å². The van der Waals surface area contributed by atoms with E-state index in [1.54, 1.807) is 30.0 Å². The Morgan fingerprint density at radius 1 is 1.04 bits per heavy atom. The maximum absolute atomic E-state index is 12.6. The molecule has 0 saturated heterocycles. The molecule has 0 aliphatic heterocycles. The van der Waals surface area contributed by atoms with Crippen LogP contribution in [-0.4, -0.2) is 19.0 Å². The van der Waals surface area contributed by atoms with E-state index in [0.29, 0.717) is 27.2 Å². The molecule has 1 aromatic heterocycles. The minimum absolute atomic E-state index is 0.289. The first-order chi connectivity index (χ1) is 12.9. The second-order valence-electron chi connectivity index (χ2n) is 6.16. The van der Waals surface area contributed by atoms with Crippen LogP contribution in [0.2, 0.25) is 10.0 Å². The fourth-order valence-electron chi connectivity index (χ4n) is 2.45. The fraction of sp³-hybridized carbons (Fsp3) is 0.263. The molecular formula is C19H19Cl2N3OS2. The van der Waals surface area contributed by atoms with E-state index < -0.39 is 10.8 Å². The molecular weight excluding hydrogens is 421 g/mol. The monoisotopic (exact) mass is 439 g/mol. The van der Waals surface area contributed by atoms with Gasteiger partial charge in [0.15, 0.2) is 5.16 Å². The molecule has 0 radical (unpaired) electrons. The first-order valence-electron chi connectivity index (χ1n) is 8.28. The molecule has 3 rings (SSSR count). The second-order valence-corrected chi connectivity index (χ2v) is 9.37. The minimum atomic E-state index is -1.18. The molecule has 0 fully saturated rings. The SMILES string of the molecule is Cc1ccc(CSc2nnc(C[S@](=O)Cc3c(Cl)cccc3Cl)n2C)cc1. The maximum Gasteiger partial charge on any atom is 0.191 e. The van der Waals surface area contributed by atoms with Crippen molar-refractivity contribution in [3.8, 4) is 0 Å². The van der Waals surface area contributed by atoms with Crippen molar-refractivity contribution < 1.29 is 4.21 Å². The molecule has 0 unspecified atom stereocenters. The molecule has 0 N–H and O–H groups in total. The number of thioether (sulfide) groups is 1. The first kappa shape index (κ1) is 20.4. The average Bonchev–Trinajstić information content (AvgIpc) is 2.98. The molecule has 0 bridgehead atoms. The van der Waals surface area contributed by atoms with Gasteiger partial charge in [0.2, 0.25) is 0 Å². The molecule has 4 nitrogen and oxygen atoms in total. The zero-order chi connectivity index (χ0) is 19.4. The van der Waals surface area contributed by atoms with Crippen LogP contribution in [0.15, 0.2) is 47.6 Å². The predicted molar refractivity (Wildman–Crippen MR) is 114 cm³/mol. The maximum atomic E-state index is 12.6. The van der Waals surface area contributed by atoms with E-state index >= 15 is 0 Å². The van der Waals surface area contributed by atoms with Crippen molar-refractivity contribution in [3.05, 3.63) is 75.0 Å². The van der Waals surface area contributed by atoms with Crippen LogP contribution in [0.25, 0.3) is 0 Å². The van der Waals surface area contributed by atoms with Crippen molar-refractivity contribution in [1.29, 1.82) is 0 Å². The molecule has 2 aromatic carbocycles. The van der Waals surface area contributed by atoms with E-state index in [0.717, 1.165) is 10.9 Å². The summed E-state index contributed by atoms with van der Waals surface area (Å²) >= 11 is 13.9. The first-order valence-corrected chi connectivity index (χ1v) is 11.5. The van der Waals surface area contributed by atoms with E-state index in [-0.39, 0.29) is 5.75 Å². The van der Waals surface area contributed by atoms with Gasteiger partial charge in [-0.2, -0.15) is 0 Å². The van der Waals surface area contributed by atoms with Crippen LogP contribution in [0.5, 0.6) is 0 Å². The predicted octanol–water partition coefficient (Wildman–Crippen LogP) is 5.17. The fourth-order valence-corrected chi connectivity index (χ4v) is 5.30. The summed E-state index contributed by atoms with van der Waals surface area (Å²) in [6.45, 7) is 2.07. The third kappa shape index (κ3) is 5.35. The minimum Gasteiger partial charge on any atom is -0.308 e. The average molecular weight is 440 g/mol. The lowest BCUT2D eigenvalue weighted by Gasteiger charge is -2.07. The molecule has 27 heavy (non-hydrogen) atoms. The Morgan fingerprint density at radius 2 is 1.70 bits per heavy atom. The van der Waals surface area contributed by atoms with Crippen molar-refractivity contribution in [1.82, 2.24) is 14.8 Å². The zero-order valence-corrected chi connectivity index (χ0v) is 18.1. The van der Waals surface area contributed by atoms with Gasteiger partial charge >= 0.3 is 0 Å². The Labute approximate surface area is 175 Å². The van der Waals surface area contributed by atoms with Crippen molar-refractivity contribution in [2.45, 2.75) is 29.3 Å². The van der Waals surface area contributed by atoms with Crippen LogP contribution >= 0.6 is 35.0 Å². The number of nitrogens with zero attached hydrogens (tertiary/aromatic N) is 3. The van der Waals surface area contributed by atoms with Crippen LogP contribution in [0.4, 0.5) is 0 Å². The molecule has 1 heterocycles. The number of halogens is 2. The quantitative estimate of drug-likeness (QED) is 0.476. The van der Waals surface area contributed by atoms with Crippen LogP contribution in [0, 0.1) is 6.92 Å². The highest BCUT2D eigenvalue weighted by molar-refractivity contribution is 7.98. The summed E-state index contributed by atoms with van der Waals surface area (Å²) in [5.74, 6) is 2.08. The lowest BCUT2D eigenvalue weighted by molar-refractivity contribution is 0.677. The highest BCUT2D eigenvalue weighted by Gasteiger charge is 2.15. The van der Waals surface area contributed by atoms with E-state index in [2.05, 4.69) is 41.4 Å². The van der Waals surface area contributed by atoms with Gasteiger partial charge in [0.25, 0.3) is 0 Å². The number of benzene rings is 2. The van der Waals surface area contributed by atoms with E-state index in [4.69, 9.17) is 23.2 Å². The summed E-state index contributed by atoms with van der Waals surface area (Å²) in [5.41, 5.74) is 3.17. The molecule has 0 aliphatic carbocycles. The van der Waals surface area contributed by atoms with Gasteiger partial charge in [-0.3, -0.25) is 4.21 Å². The van der Waals surface area contributed by atoms with E-state index in [1.165, 1.54) is 11.1 Å². The largest absolute Gasteiger partial charge is 0.308 e. The number of aryl methyl sites for hydroxylation is 1. The normalized spacial score (nSPS) is 12.3. The summed E-state index contributed by atoms with van der Waals surface area (Å²) in [6.07, 6.45) is 0. The van der Waals surface area contributed by atoms with Crippen LogP contribution < -0.4 is 0 Å². The molecule has 142 valence electrons. The molecule has 0 amide bonds. The highest BCUT2D eigenvalue weighted by atomic mass is 35.5. The van der Waals surface area contributed by atoms with Gasteiger partial charge in [-0.05, 0) is 24.6 Å². The summed E-state index contributed by atoms with van der Waals surface area (Å²) in [4.78, 5) is 0. The molecule has 3 aromatic rings. The van der Waals surface area contributed by atoms with Gasteiger partial charge < -0.3 is 4.57 Å². The molecule has 0 saturated carbocycles. The third-order valence-corrected chi connectivity index (χ3v) is 7.06. The molecule has 1 atom stereocenters. The number of hydrogen-bond donors (Lipinski definition) is 0. The van der Waals surface area contributed by atoms with Gasteiger partial charge in [-0.15, -0.1) is 10.2 Å². The van der Waals surface area contributed by atoms with Gasteiger partial charge in [-0.1, -0.05) is 70.9 Å². The smallest absolute Gasteiger partial charge is 0.191 e. The summed E-state index contributed by atoms with van der Waals surface area (Å²) in [5, 5.41) is 10.3. The number of rotatable bonds is 7. The Hall–Kier alpha value is -1.34. The third-order valence-electron chi connectivity index (χ3n) is 4.07. The Bertz CT molecular complexity index is 938. The molecule has 8 heteroatoms. The van der Waals surface area contributed by atoms with Crippen molar-refractivity contribution in [2.24, 2.45) is 7.05 Å². The van der Waals surface area contributed by atoms with E-state index in [9.17, 15) is 4.21 Å². The standard InChI is InChI=1S/C19H19Cl2N3OS2/c1-13-6-8-14(9-7-13)10-26-19-23-22-18(24(19)2)12-27(25)11-15-16(20)4-3-5-17(15)21/h3-9H,10-12H2,1-2H3/t27-/m1/s1. The van der Waals surface area contributed by atoms with E-state index in [1.807, 2.05) is 11.6 Å². The van der Waals surface area contributed by atoms with Crippen LogP contribution in [0.3, 0.4) is 0 Å². The Balaban J connectivity index is 1.63. The van der Waals surface area contributed by atoms with Crippen molar-refractivity contribution in [2.75, 3.05) is 0 Å².